The standard InChI is InChI=1S/C5H8N2.C3H7NO.C3H9N.C2H6/c1-5-3-6-4-7(5)2;1-2-4-3-5;1-2-3-4;1-2/h3-4H,1-2H3;3H,2H2,1H3,(H,4,5);2-4H2,1H3;1-2H3. The van der Waals surface area contributed by atoms with Crippen LogP contribution in [0.2, 0.25) is 0 Å². The minimum Gasteiger partial charge on any atom is -0.359 e. The normalized spacial score (nSPS) is 7.50. The number of nitrogens with two attached hydrogens (primary N) is 1. The summed E-state index contributed by atoms with van der Waals surface area (Å²) in [4.78, 5) is 13.2. The molecule has 0 aliphatic rings. The quantitative estimate of drug-likeness (QED) is 0.813. The molecular weight excluding hydrogens is 228 g/mol. The van der Waals surface area contributed by atoms with Gasteiger partial charge in [0.05, 0.1) is 6.33 Å². The molecule has 1 rings (SSSR count). The molecule has 5 nitrogen and oxygen atoms in total. The maximum absolute atomic E-state index is 9.29. The Labute approximate surface area is 112 Å². The molecule has 5 heteroatoms. The smallest absolute Gasteiger partial charge is 0.207 e. The molecule has 0 saturated carbocycles. The van der Waals surface area contributed by atoms with Crippen LogP contribution in [0.15, 0.2) is 12.5 Å². The third-order valence-corrected chi connectivity index (χ3v) is 1.63. The topological polar surface area (TPSA) is 72.9 Å². The van der Waals surface area contributed by atoms with E-state index in [1.165, 1.54) is 5.69 Å². The van der Waals surface area contributed by atoms with Crippen molar-refractivity contribution in [1.29, 1.82) is 0 Å². The van der Waals surface area contributed by atoms with E-state index in [0.29, 0.717) is 6.41 Å². The number of carbonyl (C=O) groups is 1. The Morgan fingerprint density at radius 1 is 1.44 bits per heavy atom. The van der Waals surface area contributed by atoms with Gasteiger partial charge in [-0.05, 0) is 26.8 Å². The van der Waals surface area contributed by atoms with Gasteiger partial charge in [-0.3, -0.25) is 4.79 Å². The Morgan fingerprint density at radius 2 is 1.94 bits per heavy atom. The van der Waals surface area contributed by atoms with E-state index in [1.54, 1.807) is 6.33 Å². The first-order valence-corrected chi connectivity index (χ1v) is 6.43. The van der Waals surface area contributed by atoms with Gasteiger partial charge in [-0.2, -0.15) is 0 Å². The summed E-state index contributed by atoms with van der Waals surface area (Å²) in [7, 11) is 1.97. The number of imidazole rings is 1. The number of nitrogens with one attached hydrogen (secondary N) is 1. The van der Waals surface area contributed by atoms with Crippen molar-refractivity contribution in [3.63, 3.8) is 0 Å². The molecule has 0 radical (unpaired) electrons. The first-order chi connectivity index (χ1) is 8.63. The highest BCUT2D eigenvalue weighted by Gasteiger charge is 1.83. The van der Waals surface area contributed by atoms with Crippen LogP contribution in [0.5, 0.6) is 0 Å². The summed E-state index contributed by atoms with van der Waals surface area (Å²) in [6, 6.07) is 0. The first kappa shape index (κ1) is 21.9. The van der Waals surface area contributed by atoms with E-state index in [1.807, 2.05) is 45.5 Å². The van der Waals surface area contributed by atoms with Crippen LogP contribution in [-0.2, 0) is 11.8 Å². The van der Waals surface area contributed by atoms with Crippen LogP contribution in [0, 0.1) is 6.92 Å². The summed E-state index contributed by atoms with van der Waals surface area (Å²) in [6.45, 7) is 11.5. The lowest BCUT2D eigenvalue weighted by Crippen LogP contribution is -2.07. The molecule has 0 fully saturated rings. The van der Waals surface area contributed by atoms with E-state index < -0.39 is 0 Å². The number of nitrogens with zero attached hydrogens (tertiary/aromatic N) is 2. The number of aromatic nitrogens is 2. The summed E-state index contributed by atoms with van der Waals surface area (Å²) in [6.07, 6.45) is 5.40. The molecular formula is C13H30N4O. The van der Waals surface area contributed by atoms with Crippen LogP contribution in [0.1, 0.15) is 39.8 Å². The third kappa shape index (κ3) is 20.1. The lowest BCUT2D eigenvalue weighted by Gasteiger charge is -1.87. The summed E-state index contributed by atoms with van der Waals surface area (Å²) in [5, 5.41) is 2.43. The Bertz CT molecular complexity index is 230. The molecule has 0 aliphatic carbocycles. The summed E-state index contributed by atoms with van der Waals surface area (Å²) in [5.74, 6) is 0. The van der Waals surface area contributed by atoms with Gasteiger partial charge < -0.3 is 15.6 Å². The van der Waals surface area contributed by atoms with E-state index in [0.717, 1.165) is 19.5 Å². The zero-order valence-electron chi connectivity index (χ0n) is 12.7. The largest absolute Gasteiger partial charge is 0.359 e. The molecule has 0 spiro atoms. The lowest BCUT2D eigenvalue weighted by molar-refractivity contribution is -0.109. The fourth-order valence-electron chi connectivity index (χ4n) is 0.507. The van der Waals surface area contributed by atoms with Gasteiger partial charge >= 0.3 is 0 Å². The Balaban J connectivity index is -0.000000183. The molecule has 108 valence electrons. The molecule has 0 aromatic carbocycles. The van der Waals surface area contributed by atoms with Crippen molar-refractivity contribution >= 4 is 6.41 Å². The monoisotopic (exact) mass is 258 g/mol. The van der Waals surface area contributed by atoms with E-state index in [4.69, 9.17) is 5.73 Å². The molecule has 0 unspecified atom stereocenters. The van der Waals surface area contributed by atoms with Crippen LogP contribution < -0.4 is 11.1 Å². The SMILES string of the molecule is CC.CCCN.CCNC=O.Cc1cncn1C. The van der Waals surface area contributed by atoms with Gasteiger partial charge in [0.2, 0.25) is 6.41 Å². The van der Waals surface area contributed by atoms with E-state index in [-0.39, 0.29) is 0 Å². The predicted molar refractivity (Wildman–Crippen MR) is 78.4 cm³/mol. The van der Waals surface area contributed by atoms with E-state index in [2.05, 4.69) is 17.2 Å². The fourth-order valence-corrected chi connectivity index (χ4v) is 0.507. The third-order valence-electron chi connectivity index (χ3n) is 1.63. The minimum atomic E-state index is 0.681. The molecule has 1 heterocycles. The predicted octanol–water partition coefficient (Wildman–Crippen LogP) is 1.86. The average Bonchev–Trinajstić information content (AvgIpc) is 2.78. The zero-order chi connectivity index (χ0) is 14.8. The van der Waals surface area contributed by atoms with Crippen LogP contribution in [0.4, 0.5) is 0 Å². The summed E-state index contributed by atoms with van der Waals surface area (Å²) in [5.41, 5.74) is 6.22. The van der Waals surface area contributed by atoms with E-state index in [9.17, 15) is 4.79 Å². The van der Waals surface area contributed by atoms with Crippen LogP contribution >= 0.6 is 0 Å². The van der Waals surface area contributed by atoms with Crippen LogP contribution in [0.3, 0.4) is 0 Å². The highest BCUT2D eigenvalue weighted by molar-refractivity contribution is 5.45. The summed E-state index contributed by atoms with van der Waals surface area (Å²) >= 11 is 0. The van der Waals surface area contributed by atoms with Gasteiger partial charge in [-0.25, -0.2) is 4.98 Å². The maximum atomic E-state index is 9.29. The number of hydrogen-bond acceptors (Lipinski definition) is 3. The second-order valence-electron chi connectivity index (χ2n) is 3.11. The maximum Gasteiger partial charge on any atom is 0.207 e. The van der Waals surface area contributed by atoms with Crippen molar-refractivity contribution in [2.24, 2.45) is 12.8 Å². The molecule has 0 saturated heterocycles. The van der Waals surface area contributed by atoms with Gasteiger partial charge in [0.1, 0.15) is 0 Å². The molecule has 18 heavy (non-hydrogen) atoms. The molecule has 1 aromatic heterocycles. The van der Waals surface area contributed by atoms with Gasteiger partial charge in [0, 0.05) is 25.5 Å². The number of rotatable bonds is 3. The van der Waals surface area contributed by atoms with Gasteiger partial charge in [-0.1, -0.05) is 20.8 Å². The second kappa shape index (κ2) is 21.0. The Hall–Kier alpha value is -1.36. The Kier molecular flexibility index (Phi) is 25.5. The highest BCUT2D eigenvalue weighted by atomic mass is 16.1. The molecule has 1 amide bonds. The number of aryl methyl sites for hydroxylation is 2. The molecule has 0 atom stereocenters. The van der Waals surface area contributed by atoms with Crippen molar-refractivity contribution in [3.8, 4) is 0 Å². The van der Waals surface area contributed by atoms with Crippen molar-refractivity contribution in [2.45, 2.75) is 41.0 Å². The minimum absolute atomic E-state index is 0.681. The molecule has 0 aliphatic heterocycles. The van der Waals surface area contributed by atoms with Crippen LogP contribution in [0.25, 0.3) is 0 Å². The van der Waals surface area contributed by atoms with E-state index >= 15 is 0 Å². The zero-order valence-corrected chi connectivity index (χ0v) is 12.7. The highest BCUT2D eigenvalue weighted by Crippen LogP contribution is 1.88. The van der Waals surface area contributed by atoms with Crippen molar-refractivity contribution in [1.82, 2.24) is 14.9 Å². The number of carbonyl (C=O) groups excluding carboxylic acids is 1. The van der Waals surface area contributed by atoms with Gasteiger partial charge in [-0.15, -0.1) is 0 Å². The fraction of sp³-hybridized carbons (Fsp3) is 0.692. The molecule has 0 bridgehead atoms. The number of hydrogen-bond donors (Lipinski definition) is 2. The second-order valence-corrected chi connectivity index (χ2v) is 3.11. The molecule has 3 N–H and O–H groups in total. The first-order valence-electron chi connectivity index (χ1n) is 6.43. The van der Waals surface area contributed by atoms with Gasteiger partial charge in [0.15, 0.2) is 0 Å². The van der Waals surface area contributed by atoms with Crippen molar-refractivity contribution < 1.29 is 4.79 Å². The number of amides is 1. The Morgan fingerprint density at radius 3 is 2.00 bits per heavy atom. The van der Waals surface area contributed by atoms with Crippen molar-refractivity contribution in [3.05, 3.63) is 18.2 Å². The summed E-state index contributed by atoms with van der Waals surface area (Å²) < 4.78 is 1.97. The average molecular weight is 258 g/mol. The van der Waals surface area contributed by atoms with Crippen LogP contribution in [-0.4, -0.2) is 29.1 Å². The van der Waals surface area contributed by atoms with Gasteiger partial charge in [0.25, 0.3) is 0 Å². The molecule has 1 aromatic rings. The van der Waals surface area contributed by atoms with Crippen molar-refractivity contribution in [2.75, 3.05) is 13.1 Å². The lowest BCUT2D eigenvalue weighted by atomic mass is 10.5.